The van der Waals surface area contributed by atoms with E-state index in [1.807, 2.05) is 6.20 Å². The number of terminal acetylenes is 1. The number of rotatable bonds is 6. The van der Waals surface area contributed by atoms with Gasteiger partial charge in [-0.15, -0.1) is 17.8 Å². The Kier molecular flexibility index (Phi) is 6.01. The second-order valence-electron chi connectivity index (χ2n) is 4.88. The quantitative estimate of drug-likeness (QED) is 0.827. The third-order valence-corrected chi connectivity index (χ3v) is 4.22. The van der Waals surface area contributed by atoms with Crippen LogP contribution in [0.15, 0.2) is 30.5 Å². The van der Waals surface area contributed by atoms with E-state index in [0.29, 0.717) is 18.0 Å². The molecule has 0 unspecified atom stereocenters. The van der Waals surface area contributed by atoms with E-state index in [1.54, 1.807) is 47.5 Å². The lowest BCUT2D eigenvalue weighted by Crippen LogP contribution is -2.30. The number of thiazole rings is 1. The highest BCUT2D eigenvalue weighted by molar-refractivity contribution is 7.11. The predicted octanol–water partition coefficient (Wildman–Crippen LogP) is 3.38. The highest BCUT2D eigenvalue weighted by Crippen LogP contribution is 2.17. The number of nitrogens with one attached hydrogen (secondary N) is 1. The summed E-state index contributed by atoms with van der Waals surface area (Å²) in [7, 11) is 1.74. The van der Waals surface area contributed by atoms with E-state index in [-0.39, 0.29) is 12.6 Å². The summed E-state index contributed by atoms with van der Waals surface area (Å²) in [5.41, 5.74) is 0.697. The molecule has 0 saturated heterocycles. The van der Waals surface area contributed by atoms with Crippen molar-refractivity contribution in [2.24, 2.45) is 0 Å². The Labute approximate surface area is 140 Å². The van der Waals surface area contributed by atoms with Crippen LogP contribution in [0.1, 0.15) is 16.8 Å². The molecule has 1 N–H and O–H groups in total. The molecule has 0 spiro atoms. The molecule has 0 saturated carbocycles. The number of nitrogens with zero attached hydrogens (tertiary/aromatic N) is 2. The van der Waals surface area contributed by atoms with E-state index in [0.717, 1.165) is 11.4 Å². The predicted molar refractivity (Wildman–Crippen MR) is 92.7 cm³/mol. The minimum absolute atomic E-state index is 0.185. The van der Waals surface area contributed by atoms with Crippen LogP contribution in [0.4, 0.5) is 10.5 Å². The van der Waals surface area contributed by atoms with Crippen LogP contribution in [-0.2, 0) is 13.0 Å². The maximum atomic E-state index is 12.2. The van der Waals surface area contributed by atoms with Crippen molar-refractivity contribution in [2.75, 3.05) is 19.0 Å². The number of amides is 2. The molecule has 0 radical (unpaired) electrons. The number of anilines is 1. The van der Waals surface area contributed by atoms with Gasteiger partial charge < -0.3 is 15.0 Å². The molecule has 0 fully saturated rings. The second kappa shape index (κ2) is 8.20. The smallest absolute Gasteiger partial charge is 0.321 e. The molecule has 2 aromatic rings. The van der Waals surface area contributed by atoms with Crippen molar-refractivity contribution in [3.63, 3.8) is 0 Å². The van der Waals surface area contributed by atoms with Crippen molar-refractivity contribution in [1.29, 1.82) is 0 Å². The van der Waals surface area contributed by atoms with Crippen molar-refractivity contribution >= 4 is 23.1 Å². The van der Waals surface area contributed by atoms with E-state index in [2.05, 4.69) is 23.1 Å². The third kappa shape index (κ3) is 5.01. The standard InChI is InChI=1S/C17H19N3O2S/c1-4-10-22-14-8-6-13(7-9-14)19-17(21)20(3)12-16-18-11-15(5-2)23-16/h1,6-9,11H,5,10,12H2,2-3H3,(H,19,21). The maximum Gasteiger partial charge on any atom is 0.321 e. The van der Waals surface area contributed by atoms with Gasteiger partial charge in [-0.25, -0.2) is 9.78 Å². The summed E-state index contributed by atoms with van der Waals surface area (Å²) in [6, 6.07) is 6.89. The summed E-state index contributed by atoms with van der Waals surface area (Å²) >= 11 is 1.63. The first-order chi connectivity index (χ1) is 11.1. The number of hydrogen-bond donors (Lipinski definition) is 1. The molecule has 5 nitrogen and oxygen atoms in total. The van der Waals surface area contributed by atoms with Gasteiger partial charge in [0.2, 0.25) is 0 Å². The van der Waals surface area contributed by atoms with Gasteiger partial charge in [-0.2, -0.15) is 0 Å². The Balaban J connectivity index is 1.88. The van der Waals surface area contributed by atoms with Crippen molar-refractivity contribution in [3.05, 3.63) is 40.3 Å². The Bertz CT molecular complexity index is 689. The van der Waals surface area contributed by atoms with Gasteiger partial charge in [-0.1, -0.05) is 12.8 Å². The molecule has 1 heterocycles. The molecule has 0 aliphatic heterocycles. The zero-order valence-electron chi connectivity index (χ0n) is 13.2. The van der Waals surface area contributed by atoms with Crippen molar-refractivity contribution in [2.45, 2.75) is 19.9 Å². The number of carbonyl (C=O) groups excluding carboxylic acids is 1. The highest BCUT2D eigenvalue weighted by Gasteiger charge is 2.11. The van der Waals surface area contributed by atoms with E-state index in [1.165, 1.54) is 4.88 Å². The first-order valence-electron chi connectivity index (χ1n) is 7.24. The van der Waals surface area contributed by atoms with Gasteiger partial charge in [-0.05, 0) is 30.7 Å². The molecule has 1 aromatic heterocycles. The van der Waals surface area contributed by atoms with Crippen LogP contribution >= 0.6 is 11.3 Å². The van der Waals surface area contributed by atoms with Gasteiger partial charge in [-0.3, -0.25) is 0 Å². The molecular weight excluding hydrogens is 310 g/mol. The average molecular weight is 329 g/mol. The zero-order valence-corrected chi connectivity index (χ0v) is 14.0. The number of urea groups is 1. The van der Waals surface area contributed by atoms with Crippen LogP contribution in [0.5, 0.6) is 5.75 Å². The average Bonchev–Trinajstić information content (AvgIpc) is 3.01. The van der Waals surface area contributed by atoms with Crippen molar-refractivity contribution < 1.29 is 9.53 Å². The number of carbonyl (C=O) groups is 1. The second-order valence-corrected chi connectivity index (χ2v) is 6.08. The Morgan fingerprint density at radius 1 is 1.43 bits per heavy atom. The molecule has 1 aromatic carbocycles. The summed E-state index contributed by atoms with van der Waals surface area (Å²) < 4.78 is 5.29. The van der Waals surface area contributed by atoms with Crippen LogP contribution < -0.4 is 10.1 Å². The fraction of sp³-hybridized carbons (Fsp3) is 0.294. The van der Waals surface area contributed by atoms with Gasteiger partial charge in [0.15, 0.2) is 0 Å². The Morgan fingerprint density at radius 2 is 2.17 bits per heavy atom. The zero-order chi connectivity index (χ0) is 16.7. The summed E-state index contributed by atoms with van der Waals surface area (Å²) in [5, 5.41) is 3.76. The SMILES string of the molecule is C#CCOc1ccc(NC(=O)N(C)Cc2ncc(CC)s2)cc1. The molecule has 0 bridgehead atoms. The first kappa shape index (κ1) is 16.8. The number of aryl methyl sites for hydroxylation is 1. The van der Waals surface area contributed by atoms with Crippen LogP contribution in [-0.4, -0.2) is 29.6 Å². The monoisotopic (exact) mass is 329 g/mol. The molecule has 6 heteroatoms. The Hall–Kier alpha value is -2.52. The molecule has 0 atom stereocenters. The molecule has 0 aliphatic rings. The lowest BCUT2D eigenvalue weighted by atomic mass is 10.3. The van der Waals surface area contributed by atoms with Gasteiger partial charge in [0.25, 0.3) is 0 Å². The normalized spacial score (nSPS) is 9.96. The van der Waals surface area contributed by atoms with E-state index >= 15 is 0 Å². The van der Waals surface area contributed by atoms with Crippen molar-refractivity contribution in [3.8, 4) is 18.1 Å². The molecule has 2 rings (SSSR count). The fourth-order valence-corrected chi connectivity index (χ4v) is 2.75. The van der Waals surface area contributed by atoms with E-state index < -0.39 is 0 Å². The number of ether oxygens (including phenoxy) is 1. The van der Waals surface area contributed by atoms with Crippen LogP contribution in [0.25, 0.3) is 0 Å². The van der Waals surface area contributed by atoms with Crippen LogP contribution in [0.3, 0.4) is 0 Å². The lowest BCUT2D eigenvalue weighted by Gasteiger charge is -2.16. The topological polar surface area (TPSA) is 54.5 Å². The lowest BCUT2D eigenvalue weighted by molar-refractivity contribution is 0.220. The van der Waals surface area contributed by atoms with E-state index in [4.69, 9.17) is 11.2 Å². The van der Waals surface area contributed by atoms with Gasteiger partial charge in [0.1, 0.15) is 17.4 Å². The minimum atomic E-state index is -0.185. The van der Waals surface area contributed by atoms with Gasteiger partial charge >= 0.3 is 6.03 Å². The van der Waals surface area contributed by atoms with Gasteiger partial charge in [0, 0.05) is 23.8 Å². The van der Waals surface area contributed by atoms with Gasteiger partial charge in [0.05, 0.1) is 6.54 Å². The minimum Gasteiger partial charge on any atom is -0.481 e. The molecule has 23 heavy (non-hydrogen) atoms. The highest BCUT2D eigenvalue weighted by atomic mass is 32.1. The number of benzene rings is 1. The molecule has 0 aliphatic carbocycles. The third-order valence-electron chi connectivity index (χ3n) is 3.10. The molecule has 120 valence electrons. The van der Waals surface area contributed by atoms with E-state index in [9.17, 15) is 4.79 Å². The van der Waals surface area contributed by atoms with Crippen LogP contribution in [0, 0.1) is 12.3 Å². The van der Waals surface area contributed by atoms with Crippen molar-refractivity contribution in [1.82, 2.24) is 9.88 Å². The molecular formula is C17H19N3O2S. The summed E-state index contributed by atoms with van der Waals surface area (Å²) in [6.07, 6.45) is 7.96. The van der Waals surface area contributed by atoms with Crippen LogP contribution in [0.2, 0.25) is 0 Å². The summed E-state index contributed by atoms with van der Waals surface area (Å²) in [5.74, 6) is 3.07. The largest absolute Gasteiger partial charge is 0.481 e. The number of hydrogen-bond acceptors (Lipinski definition) is 4. The number of aromatic nitrogens is 1. The molecule has 2 amide bonds. The summed E-state index contributed by atoms with van der Waals surface area (Å²) in [4.78, 5) is 19.3. The fourth-order valence-electron chi connectivity index (χ4n) is 1.84. The summed E-state index contributed by atoms with van der Waals surface area (Å²) in [6.45, 7) is 2.80. The maximum absolute atomic E-state index is 12.2. The first-order valence-corrected chi connectivity index (χ1v) is 8.06. The Morgan fingerprint density at radius 3 is 2.78 bits per heavy atom.